The summed E-state index contributed by atoms with van der Waals surface area (Å²) in [4.78, 5) is 11.9. The van der Waals surface area contributed by atoms with Crippen LogP contribution in [0.2, 0.25) is 0 Å². The van der Waals surface area contributed by atoms with E-state index in [1.807, 2.05) is 31.2 Å². The van der Waals surface area contributed by atoms with Gasteiger partial charge in [0.1, 0.15) is 11.4 Å². The number of nitrogens with one attached hydrogen (secondary N) is 1. The normalized spacial score (nSPS) is 10.3. The minimum Gasteiger partial charge on any atom is -0.496 e. The number of rotatable bonds is 6. The van der Waals surface area contributed by atoms with Crippen LogP contribution in [0.1, 0.15) is 23.0 Å². The van der Waals surface area contributed by atoms with Crippen LogP contribution in [-0.2, 0) is 13.0 Å². The lowest BCUT2D eigenvalue weighted by Gasteiger charge is -2.08. The Hall–Kier alpha value is -2.30. The fraction of sp³-hybridized carbons (Fsp3) is 0.333. The largest absolute Gasteiger partial charge is 0.496 e. The van der Waals surface area contributed by atoms with E-state index in [0.29, 0.717) is 12.2 Å². The number of methoxy groups -OCH3 is 1. The number of carbonyl (C=O) groups is 1. The van der Waals surface area contributed by atoms with Gasteiger partial charge in [0, 0.05) is 19.3 Å². The van der Waals surface area contributed by atoms with E-state index < -0.39 is 0 Å². The van der Waals surface area contributed by atoms with Gasteiger partial charge >= 0.3 is 0 Å². The second-order valence-electron chi connectivity index (χ2n) is 4.37. The van der Waals surface area contributed by atoms with Gasteiger partial charge in [-0.2, -0.15) is 5.10 Å². The van der Waals surface area contributed by atoms with Crippen molar-refractivity contribution in [1.82, 2.24) is 15.1 Å². The molecule has 0 unspecified atom stereocenters. The van der Waals surface area contributed by atoms with Crippen molar-refractivity contribution in [3.63, 3.8) is 0 Å². The molecule has 0 spiro atoms. The summed E-state index contributed by atoms with van der Waals surface area (Å²) in [5.74, 6) is 0.698. The van der Waals surface area contributed by atoms with Crippen LogP contribution in [-0.4, -0.2) is 29.3 Å². The molecule has 0 aliphatic rings. The van der Waals surface area contributed by atoms with E-state index in [4.69, 9.17) is 4.74 Å². The van der Waals surface area contributed by atoms with Crippen molar-refractivity contribution in [2.75, 3.05) is 13.7 Å². The highest BCUT2D eigenvalue weighted by molar-refractivity contribution is 5.92. The minimum absolute atomic E-state index is 0.146. The molecule has 1 amide bonds. The van der Waals surface area contributed by atoms with Crippen molar-refractivity contribution in [3.8, 4) is 5.75 Å². The number of hydrogen-bond donors (Lipinski definition) is 1. The third-order valence-corrected chi connectivity index (χ3v) is 3.07. The molecule has 0 bridgehead atoms. The zero-order chi connectivity index (χ0) is 14.4. The second kappa shape index (κ2) is 6.75. The molecule has 1 aromatic carbocycles. The van der Waals surface area contributed by atoms with E-state index >= 15 is 0 Å². The van der Waals surface area contributed by atoms with Crippen molar-refractivity contribution in [3.05, 3.63) is 47.8 Å². The molecule has 106 valence electrons. The zero-order valence-corrected chi connectivity index (χ0v) is 11.8. The summed E-state index contributed by atoms with van der Waals surface area (Å²) < 4.78 is 7.01. The molecule has 0 radical (unpaired) electrons. The number of para-hydroxylation sites is 1. The highest BCUT2D eigenvalue weighted by Gasteiger charge is 2.09. The number of amides is 1. The average Bonchev–Trinajstić information content (AvgIpc) is 2.96. The minimum atomic E-state index is -0.146. The van der Waals surface area contributed by atoms with Gasteiger partial charge in [-0.15, -0.1) is 0 Å². The number of aromatic nitrogens is 2. The van der Waals surface area contributed by atoms with Gasteiger partial charge in [0.15, 0.2) is 0 Å². The van der Waals surface area contributed by atoms with Gasteiger partial charge in [0.25, 0.3) is 5.91 Å². The van der Waals surface area contributed by atoms with Crippen molar-refractivity contribution in [1.29, 1.82) is 0 Å². The van der Waals surface area contributed by atoms with Crippen LogP contribution < -0.4 is 10.1 Å². The van der Waals surface area contributed by atoms with E-state index in [1.54, 1.807) is 24.1 Å². The maximum Gasteiger partial charge on any atom is 0.271 e. The SMILES string of the molecule is CCn1ccc(C(=O)NCCc2ccccc2OC)n1. The van der Waals surface area contributed by atoms with Crippen LogP contribution >= 0.6 is 0 Å². The fourth-order valence-corrected chi connectivity index (χ4v) is 1.97. The Morgan fingerprint density at radius 1 is 1.35 bits per heavy atom. The highest BCUT2D eigenvalue weighted by Crippen LogP contribution is 2.17. The van der Waals surface area contributed by atoms with E-state index in [2.05, 4.69) is 10.4 Å². The van der Waals surface area contributed by atoms with Gasteiger partial charge in [-0.1, -0.05) is 18.2 Å². The van der Waals surface area contributed by atoms with E-state index in [1.165, 1.54) is 0 Å². The molecule has 0 atom stereocenters. The maximum atomic E-state index is 11.9. The summed E-state index contributed by atoms with van der Waals surface area (Å²) in [6.07, 6.45) is 2.53. The van der Waals surface area contributed by atoms with Crippen LogP contribution in [0.3, 0.4) is 0 Å². The molecule has 0 saturated carbocycles. The van der Waals surface area contributed by atoms with Gasteiger partial charge < -0.3 is 10.1 Å². The first-order valence-electron chi connectivity index (χ1n) is 6.68. The van der Waals surface area contributed by atoms with Crippen LogP contribution in [0.25, 0.3) is 0 Å². The Labute approximate surface area is 118 Å². The molecule has 5 nitrogen and oxygen atoms in total. The molecule has 0 aliphatic carbocycles. The number of carbonyl (C=O) groups excluding carboxylic acids is 1. The van der Waals surface area contributed by atoms with Gasteiger partial charge in [-0.3, -0.25) is 9.48 Å². The lowest BCUT2D eigenvalue weighted by Crippen LogP contribution is -2.26. The number of benzene rings is 1. The molecule has 0 aliphatic heterocycles. The Morgan fingerprint density at radius 3 is 2.85 bits per heavy atom. The van der Waals surface area contributed by atoms with E-state index in [-0.39, 0.29) is 5.91 Å². The summed E-state index contributed by atoms with van der Waals surface area (Å²) in [5, 5.41) is 7.03. The number of nitrogens with zero attached hydrogens (tertiary/aromatic N) is 2. The monoisotopic (exact) mass is 273 g/mol. The van der Waals surface area contributed by atoms with Crippen LogP contribution in [0.4, 0.5) is 0 Å². The Morgan fingerprint density at radius 2 is 2.15 bits per heavy atom. The van der Waals surface area contributed by atoms with Crippen molar-refractivity contribution >= 4 is 5.91 Å². The van der Waals surface area contributed by atoms with E-state index in [9.17, 15) is 4.79 Å². The predicted molar refractivity (Wildman–Crippen MR) is 76.9 cm³/mol. The van der Waals surface area contributed by atoms with Gasteiger partial charge in [0.2, 0.25) is 0 Å². The number of hydrogen-bond acceptors (Lipinski definition) is 3. The Balaban J connectivity index is 1.87. The third kappa shape index (κ3) is 3.38. The molecule has 20 heavy (non-hydrogen) atoms. The maximum absolute atomic E-state index is 11.9. The third-order valence-electron chi connectivity index (χ3n) is 3.07. The fourth-order valence-electron chi connectivity index (χ4n) is 1.97. The zero-order valence-electron chi connectivity index (χ0n) is 11.8. The molecule has 2 aromatic rings. The van der Waals surface area contributed by atoms with Gasteiger partial charge in [0.05, 0.1) is 7.11 Å². The summed E-state index contributed by atoms with van der Waals surface area (Å²) in [7, 11) is 1.65. The summed E-state index contributed by atoms with van der Waals surface area (Å²) >= 11 is 0. The predicted octanol–water partition coefficient (Wildman–Crippen LogP) is 1.88. The molecule has 0 fully saturated rings. The number of ether oxygens (including phenoxy) is 1. The summed E-state index contributed by atoms with van der Waals surface area (Å²) in [5.41, 5.74) is 1.53. The average molecular weight is 273 g/mol. The van der Waals surface area contributed by atoms with E-state index in [0.717, 1.165) is 24.3 Å². The smallest absolute Gasteiger partial charge is 0.271 e. The topological polar surface area (TPSA) is 56.2 Å². The van der Waals surface area contributed by atoms with Crippen LogP contribution in [0.5, 0.6) is 5.75 Å². The van der Waals surface area contributed by atoms with Crippen LogP contribution in [0, 0.1) is 0 Å². The van der Waals surface area contributed by atoms with Crippen molar-refractivity contribution in [2.24, 2.45) is 0 Å². The first-order chi connectivity index (χ1) is 9.74. The quantitative estimate of drug-likeness (QED) is 0.874. The molecule has 1 aromatic heterocycles. The summed E-state index contributed by atoms with van der Waals surface area (Å²) in [6, 6.07) is 9.53. The Kier molecular flexibility index (Phi) is 4.76. The number of aryl methyl sites for hydroxylation is 1. The summed E-state index contributed by atoms with van der Waals surface area (Å²) in [6.45, 7) is 3.29. The molecule has 1 N–H and O–H groups in total. The van der Waals surface area contributed by atoms with Crippen molar-refractivity contribution in [2.45, 2.75) is 19.9 Å². The van der Waals surface area contributed by atoms with Crippen molar-refractivity contribution < 1.29 is 9.53 Å². The van der Waals surface area contributed by atoms with Gasteiger partial charge in [-0.25, -0.2) is 0 Å². The standard InChI is InChI=1S/C15H19N3O2/c1-3-18-11-9-13(17-18)15(19)16-10-8-12-6-4-5-7-14(12)20-2/h4-7,9,11H,3,8,10H2,1-2H3,(H,16,19). The van der Waals surface area contributed by atoms with Crippen LogP contribution in [0.15, 0.2) is 36.5 Å². The highest BCUT2D eigenvalue weighted by atomic mass is 16.5. The Bertz CT molecular complexity index is 578. The molecular formula is C15H19N3O2. The molecular weight excluding hydrogens is 254 g/mol. The second-order valence-corrected chi connectivity index (χ2v) is 4.37. The lowest BCUT2D eigenvalue weighted by molar-refractivity contribution is 0.0948. The lowest BCUT2D eigenvalue weighted by atomic mass is 10.1. The molecule has 0 saturated heterocycles. The molecule has 2 rings (SSSR count). The van der Waals surface area contributed by atoms with Gasteiger partial charge in [-0.05, 0) is 31.0 Å². The first kappa shape index (κ1) is 14.1. The molecule has 1 heterocycles. The molecule has 5 heteroatoms. The first-order valence-corrected chi connectivity index (χ1v) is 6.68.